The van der Waals surface area contributed by atoms with Gasteiger partial charge in [-0.1, -0.05) is 30.3 Å². The summed E-state index contributed by atoms with van der Waals surface area (Å²) < 4.78 is 28.3. The molecule has 0 aromatic heterocycles. The number of sulfonamides is 1. The maximum Gasteiger partial charge on any atom is 0.268 e. The first-order valence-corrected chi connectivity index (χ1v) is 13.1. The van der Waals surface area contributed by atoms with E-state index in [-0.39, 0.29) is 34.3 Å². The maximum absolute atomic E-state index is 13.6. The van der Waals surface area contributed by atoms with Crippen LogP contribution in [-0.4, -0.2) is 63.0 Å². The van der Waals surface area contributed by atoms with Crippen molar-refractivity contribution in [3.8, 4) is 5.75 Å². The van der Waals surface area contributed by atoms with Gasteiger partial charge in [0.05, 0.1) is 22.8 Å². The quantitative estimate of drug-likeness (QED) is 0.451. The predicted molar refractivity (Wildman–Crippen MR) is 137 cm³/mol. The standard InChI is InChI=1S/C26H28N4O5S/c31-24-10-5-4-9-23(24)30(21-7-2-1-3-8-21)36(34,35)22-13-11-20(12-14-22)26(33)28-19-25(32)29-17-6-15-27-16-18-29/h1-5,7-14,27,31H,6,15-19H2,(H,28,33). The van der Waals surface area contributed by atoms with Crippen LogP contribution in [0.3, 0.4) is 0 Å². The van der Waals surface area contributed by atoms with Crippen molar-refractivity contribution in [1.82, 2.24) is 15.5 Å². The van der Waals surface area contributed by atoms with Gasteiger partial charge < -0.3 is 20.6 Å². The number of benzene rings is 3. The third kappa shape index (κ3) is 5.67. The summed E-state index contributed by atoms with van der Waals surface area (Å²) in [5, 5.41) is 16.2. The molecule has 0 atom stereocenters. The molecule has 36 heavy (non-hydrogen) atoms. The van der Waals surface area contributed by atoms with Gasteiger partial charge in [-0.3, -0.25) is 9.59 Å². The Hall–Kier alpha value is -3.89. The van der Waals surface area contributed by atoms with Gasteiger partial charge in [0.25, 0.3) is 15.9 Å². The Labute approximate surface area is 210 Å². The second kappa shape index (κ2) is 11.2. The van der Waals surface area contributed by atoms with E-state index in [1.54, 1.807) is 47.4 Å². The number of phenols is 1. The molecule has 2 amide bonds. The topological polar surface area (TPSA) is 119 Å². The SMILES string of the molecule is O=C(NCC(=O)N1CCCNCC1)c1ccc(S(=O)(=O)N(c2ccccc2)c2ccccc2O)cc1. The molecule has 3 aromatic rings. The molecule has 1 aliphatic heterocycles. The number of carbonyl (C=O) groups excluding carboxylic acids is 2. The monoisotopic (exact) mass is 508 g/mol. The van der Waals surface area contributed by atoms with E-state index in [0.717, 1.165) is 23.8 Å². The highest BCUT2D eigenvalue weighted by Crippen LogP contribution is 2.37. The molecule has 0 saturated carbocycles. The molecule has 1 heterocycles. The third-order valence-corrected chi connectivity index (χ3v) is 7.60. The summed E-state index contributed by atoms with van der Waals surface area (Å²) in [5.74, 6) is -0.820. The van der Waals surface area contributed by atoms with Crippen molar-refractivity contribution in [3.63, 3.8) is 0 Å². The number of hydrogen-bond donors (Lipinski definition) is 3. The minimum absolute atomic E-state index is 0.0562. The summed E-state index contributed by atoms with van der Waals surface area (Å²) in [5.41, 5.74) is 0.684. The number of amides is 2. The lowest BCUT2D eigenvalue weighted by Crippen LogP contribution is -2.41. The van der Waals surface area contributed by atoms with Crippen LogP contribution < -0.4 is 14.9 Å². The molecule has 9 nitrogen and oxygen atoms in total. The third-order valence-electron chi connectivity index (χ3n) is 5.84. The minimum Gasteiger partial charge on any atom is -0.506 e. The van der Waals surface area contributed by atoms with Crippen LogP contribution in [-0.2, 0) is 14.8 Å². The van der Waals surface area contributed by atoms with E-state index in [1.165, 1.54) is 36.4 Å². The molecule has 0 bridgehead atoms. The molecular formula is C26H28N4O5S. The molecular weight excluding hydrogens is 480 g/mol. The van der Waals surface area contributed by atoms with Gasteiger partial charge in [-0.05, 0) is 61.5 Å². The smallest absolute Gasteiger partial charge is 0.268 e. The van der Waals surface area contributed by atoms with Gasteiger partial charge in [0, 0.05) is 25.2 Å². The number of carbonyl (C=O) groups is 2. The van der Waals surface area contributed by atoms with E-state index in [9.17, 15) is 23.1 Å². The van der Waals surface area contributed by atoms with Gasteiger partial charge in [-0.15, -0.1) is 0 Å². The number of nitrogens with one attached hydrogen (secondary N) is 2. The van der Waals surface area contributed by atoms with Crippen LogP contribution in [0.15, 0.2) is 83.8 Å². The summed E-state index contributed by atoms with van der Waals surface area (Å²) in [7, 11) is -4.14. The van der Waals surface area contributed by atoms with E-state index < -0.39 is 15.9 Å². The van der Waals surface area contributed by atoms with Crippen molar-refractivity contribution in [2.75, 3.05) is 37.0 Å². The first-order valence-electron chi connectivity index (χ1n) is 11.6. The van der Waals surface area contributed by atoms with Gasteiger partial charge in [0.15, 0.2) is 0 Å². The van der Waals surface area contributed by atoms with Crippen molar-refractivity contribution >= 4 is 33.2 Å². The molecule has 3 N–H and O–H groups in total. The summed E-state index contributed by atoms with van der Waals surface area (Å²) in [6, 6.07) is 20.1. The first kappa shape index (κ1) is 25.2. The van der Waals surface area contributed by atoms with E-state index in [4.69, 9.17) is 0 Å². The molecule has 0 unspecified atom stereocenters. The molecule has 4 rings (SSSR count). The van der Waals surface area contributed by atoms with Crippen LogP contribution in [0.1, 0.15) is 16.8 Å². The molecule has 0 radical (unpaired) electrons. The van der Waals surface area contributed by atoms with Crippen molar-refractivity contribution < 1.29 is 23.1 Å². The largest absolute Gasteiger partial charge is 0.506 e. The van der Waals surface area contributed by atoms with E-state index in [2.05, 4.69) is 10.6 Å². The Kier molecular flexibility index (Phi) is 7.87. The number of hydrogen-bond acceptors (Lipinski definition) is 6. The average Bonchev–Trinajstić information content (AvgIpc) is 3.19. The summed E-state index contributed by atoms with van der Waals surface area (Å²) >= 11 is 0. The normalized spacial score (nSPS) is 14.1. The van der Waals surface area contributed by atoms with Crippen LogP contribution in [0.5, 0.6) is 5.75 Å². The second-order valence-corrected chi connectivity index (χ2v) is 10.1. The molecule has 0 spiro atoms. The Morgan fingerprint density at radius 1 is 0.917 bits per heavy atom. The second-order valence-electron chi connectivity index (χ2n) is 8.29. The fourth-order valence-electron chi connectivity index (χ4n) is 3.96. The highest BCUT2D eigenvalue weighted by atomic mass is 32.2. The molecule has 1 aliphatic rings. The van der Waals surface area contributed by atoms with Crippen molar-refractivity contribution in [3.05, 3.63) is 84.4 Å². The number of nitrogens with zero attached hydrogens (tertiary/aromatic N) is 2. The first-order chi connectivity index (χ1) is 17.4. The van der Waals surface area contributed by atoms with Crippen LogP contribution >= 0.6 is 0 Å². The lowest BCUT2D eigenvalue weighted by molar-refractivity contribution is -0.129. The zero-order valence-corrected chi connectivity index (χ0v) is 20.4. The van der Waals surface area contributed by atoms with Gasteiger partial charge >= 0.3 is 0 Å². The van der Waals surface area contributed by atoms with Gasteiger partial charge in [-0.2, -0.15) is 0 Å². The Bertz CT molecular complexity index is 1310. The number of phenolic OH excluding ortho intramolecular Hbond substituents is 1. The highest BCUT2D eigenvalue weighted by molar-refractivity contribution is 7.93. The fourth-order valence-corrected chi connectivity index (χ4v) is 5.46. The molecule has 1 saturated heterocycles. The van der Waals surface area contributed by atoms with Crippen molar-refractivity contribution in [2.45, 2.75) is 11.3 Å². The zero-order chi connectivity index (χ0) is 25.5. The summed E-state index contributed by atoms with van der Waals surface area (Å²) in [6.07, 6.45) is 0.858. The fraction of sp³-hybridized carbons (Fsp3) is 0.231. The summed E-state index contributed by atoms with van der Waals surface area (Å²) in [4.78, 5) is 26.7. The highest BCUT2D eigenvalue weighted by Gasteiger charge is 2.28. The lowest BCUT2D eigenvalue weighted by atomic mass is 10.2. The van der Waals surface area contributed by atoms with Crippen molar-refractivity contribution in [1.29, 1.82) is 0 Å². The molecule has 0 aliphatic carbocycles. The Balaban J connectivity index is 1.52. The Morgan fingerprint density at radius 3 is 2.33 bits per heavy atom. The van der Waals surface area contributed by atoms with Gasteiger partial charge in [0.2, 0.25) is 5.91 Å². The van der Waals surface area contributed by atoms with Crippen LogP contribution in [0.2, 0.25) is 0 Å². The number of anilines is 2. The number of rotatable bonds is 7. The van der Waals surface area contributed by atoms with Crippen LogP contribution in [0.4, 0.5) is 11.4 Å². The van der Waals surface area contributed by atoms with E-state index in [1.807, 2.05) is 0 Å². The van der Waals surface area contributed by atoms with Crippen LogP contribution in [0.25, 0.3) is 0 Å². The van der Waals surface area contributed by atoms with E-state index in [0.29, 0.717) is 18.8 Å². The molecule has 1 fully saturated rings. The Morgan fingerprint density at radius 2 is 1.61 bits per heavy atom. The molecule has 3 aromatic carbocycles. The zero-order valence-electron chi connectivity index (χ0n) is 19.6. The maximum atomic E-state index is 13.6. The summed E-state index contributed by atoms with van der Waals surface area (Å²) in [6.45, 7) is 2.68. The van der Waals surface area contributed by atoms with Crippen molar-refractivity contribution in [2.24, 2.45) is 0 Å². The lowest BCUT2D eigenvalue weighted by Gasteiger charge is -2.25. The average molecular weight is 509 g/mol. The van der Waals surface area contributed by atoms with Crippen LogP contribution in [0, 0.1) is 0 Å². The molecule has 10 heteroatoms. The van der Waals surface area contributed by atoms with Gasteiger partial charge in [-0.25, -0.2) is 12.7 Å². The predicted octanol–water partition coefficient (Wildman–Crippen LogP) is 2.47. The van der Waals surface area contributed by atoms with E-state index >= 15 is 0 Å². The van der Waals surface area contributed by atoms with Gasteiger partial charge in [0.1, 0.15) is 5.75 Å². The number of para-hydroxylation sites is 3. The minimum atomic E-state index is -4.14. The molecule has 188 valence electrons. The number of aromatic hydroxyl groups is 1.